The summed E-state index contributed by atoms with van der Waals surface area (Å²) < 4.78 is 0. The lowest BCUT2D eigenvalue weighted by Crippen LogP contribution is -2.48. The van der Waals surface area contributed by atoms with E-state index >= 15 is 0 Å². The molecule has 2 aromatic rings. The normalized spacial score (nSPS) is 17.5. The predicted molar refractivity (Wildman–Crippen MR) is 126 cm³/mol. The van der Waals surface area contributed by atoms with E-state index in [0.717, 1.165) is 24.2 Å². The van der Waals surface area contributed by atoms with E-state index in [4.69, 9.17) is 0 Å². The Morgan fingerprint density at radius 3 is 2.47 bits per heavy atom. The number of rotatable bonds is 6. The van der Waals surface area contributed by atoms with Gasteiger partial charge in [-0.2, -0.15) is 0 Å². The second-order valence-electron chi connectivity index (χ2n) is 8.72. The Morgan fingerprint density at radius 2 is 1.78 bits per heavy atom. The Morgan fingerprint density at radius 1 is 1.06 bits per heavy atom. The van der Waals surface area contributed by atoms with Gasteiger partial charge in [0.25, 0.3) is 5.91 Å². The Hall–Kier alpha value is -2.80. The van der Waals surface area contributed by atoms with Crippen molar-refractivity contribution in [3.8, 4) is 0 Å². The zero-order chi connectivity index (χ0) is 22.7. The van der Waals surface area contributed by atoms with Crippen molar-refractivity contribution in [1.29, 1.82) is 0 Å². The summed E-state index contributed by atoms with van der Waals surface area (Å²) in [6.45, 7) is 4.28. The third kappa shape index (κ3) is 4.83. The van der Waals surface area contributed by atoms with Crippen LogP contribution in [-0.2, 0) is 9.59 Å². The summed E-state index contributed by atoms with van der Waals surface area (Å²) in [5, 5.41) is 5.74. The molecule has 2 aliphatic rings. The Balaban J connectivity index is 1.29. The van der Waals surface area contributed by atoms with Gasteiger partial charge in [-0.05, 0) is 62.6 Å². The van der Waals surface area contributed by atoms with E-state index in [1.165, 1.54) is 20.9 Å². The molecule has 1 heterocycles. The number of carbonyl (C=O) groups excluding carboxylic acids is 3. The number of aryl methyl sites for hydroxylation is 2. The Kier molecular flexibility index (Phi) is 6.55. The van der Waals surface area contributed by atoms with Crippen molar-refractivity contribution < 1.29 is 14.4 Å². The van der Waals surface area contributed by atoms with Gasteiger partial charge in [-0.3, -0.25) is 14.5 Å². The van der Waals surface area contributed by atoms with E-state index < -0.39 is 5.54 Å². The topological polar surface area (TPSA) is 78.5 Å². The minimum absolute atomic E-state index is 0.0777. The van der Waals surface area contributed by atoms with Crippen LogP contribution in [-0.4, -0.2) is 34.8 Å². The quantitative estimate of drug-likeness (QED) is 0.603. The van der Waals surface area contributed by atoms with Crippen LogP contribution in [0.3, 0.4) is 0 Å². The summed E-state index contributed by atoms with van der Waals surface area (Å²) in [6.07, 6.45) is 4.43. The average Bonchev–Trinajstić information content (AvgIpc) is 2.99. The average molecular weight is 452 g/mol. The number of hydrogen-bond acceptors (Lipinski definition) is 4. The minimum Gasteiger partial charge on any atom is -0.326 e. The van der Waals surface area contributed by atoms with E-state index in [-0.39, 0.29) is 30.8 Å². The monoisotopic (exact) mass is 451 g/mol. The minimum atomic E-state index is -0.741. The molecule has 4 rings (SSSR count). The molecule has 0 aromatic heterocycles. The smallest absolute Gasteiger partial charge is 0.325 e. The molecular formula is C25H29N3O3S. The van der Waals surface area contributed by atoms with E-state index in [1.807, 2.05) is 24.3 Å². The van der Waals surface area contributed by atoms with Gasteiger partial charge in [0.05, 0.1) is 0 Å². The van der Waals surface area contributed by atoms with E-state index in [2.05, 4.69) is 42.7 Å². The predicted octanol–water partition coefficient (Wildman–Crippen LogP) is 5.04. The lowest BCUT2D eigenvalue weighted by atomic mass is 9.82. The molecule has 2 fully saturated rings. The zero-order valence-electron chi connectivity index (χ0n) is 18.6. The van der Waals surface area contributed by atoms with Gasteiger partial charge in [-0.15, -0.1) is 0 Å². The van der Waals surface area contributed by atoms with Gasteiger partial charge in [-0.25, -0.2) is 4.79 Å². The fourth-order valence-corrected chi connectivity index (χ4v) is 5.34. The van der Waals surface area contributed by atoms with Crippen LogP contribution in [0.25, 0.3) is 0 Å². The molecule has 168 valence electrons. The van der Waals surface area contributed by atoms with Crippen molar-refractivity contribution in [2.75, 3.05) is 11.9 Å². The van der Waals surface area contributed by atoms with E-state index in [0.29, 0.717) is 18.5 Å². The van der Waals surface area contributed by atoms with Crippen molar-refractivity contribution in [2.24, 2.45) is 0 Å². The first kappa shape index (κ1) is 22.4. The van der Waals surface area contributed by atoms with Crippen LogP contribution in [0.1, 0.15) is 49.7 Å². The lowest BCUT2D eigenvalue weighted by molar-refractivity contribution is -0.132. The summed E-state index contributed by atoms with van der Waals surface area (Å²) in [5.41, 5.74) is 2.44. The summed E-state index contributed by atoms with van der Waals surface area (Å²) in [7, 11) is 0. The standard InChI is InChI=1S/C25H29N3O3S/c1-17-6-11-21(18(2)16-17)32-20-9-7-19(8-10-20)26-22(29)12-15-28-23(30)25(27-24(28)31)13-4-3-5-14-25/h6-11,16H,3-5,12-15H2,1-2H3,(H,26,29)(H,27,31). The number of benzene rings is 2. The van der Waals surface area contributed by atoms with E-state index in [1.54, 1.807) is 11.8 Å². The van der Waals surface area contributed by atoms with E-state index in [9.17, 15) is 14.4 Å². The molecule has 32 heavy (non-hydrogen) atoms. The largest absolute Gasteiger partial charge is 0.326 e. The summed E-state index contributed by atoms with van der Waals surface area (Å²) in [5.74, 6) is -0.396. The highest BCUT2D eigenvalue weighted by Crippen LogP contribution is 2.34. The molecule has 0 bridgehead atoms. The molecule has 2 N–H and O–H groups in total. The van der Waals surface area contributed by atoms with Crippen molar-refractivity contribution >= 4 is 35.3 Å². The molecule has 0 atom stereocenters. The maximum Gasteiger partial charge on any atom is 0.325 e. The summed E-state index contributed by atoms with van der Waals surface area (Å²) in [4.78, 5) is 41.0. The van der Waals surface area contributed by atoms with Gasteiger partial charge in [0.1, 0.15) is 5.54 Å². The molecule has 1 aliphatic carbocycles. The van der Waals surface area contributed by atoms with Gasteiger partial charge < -0.3 is 10.6 Å². The molecule has 0 radical (unpaired) electrons. The Labute approximate surface area is 193 Å². The summed E-state index contributed by atoms with van der Waals surface area (Å²) in [6, 6.07) is 13.7. The number of nitrogens with one attached hydrogen (secondary N) is 2. The number of hydrogen-bond donors (Lipinski definition) is 2. The van der Waals surface area contributed by atoms with Crippen LogP contribution in [0.15, 0.2) is 52.3 Å². The molecule has 1 aliphatic heterocycles. The number of amides is 4. The van der Waals surface area contributed by atoms with Gasteiger partial charge in [0.15, 0.2) is 0 Å². The van der Waals surface area contributed by atoms with Crippen molar-refractivity contribution in [3.05, 3.63) is 53.6 Å². The number of anilines is 1. The molecule has 4 amide bonds. The lowest BCUT2D eigenvalue weighted by Gasteiger charge is -2.30. The number of imide groups is 1. The number of urea groups is 1. The van der Waals surface area contributed by atoms with Gasteiger partial charge in [0, 0.05) is 28.4 Å². The van der Waals surface area contributed by atoms with Crippen LogP contribution in [0.2, 0.25) is 0 Å². The molecule has 7 heteroatoms. The molecular weight excluding hydrogens is 422 g/mol. The summed E-state index contributed by atoms with van der Waals surface area (Å²) >= 11 is 1.69. The second kappa shape index (κ2) is 9.36. The third-order valence-corrected chi connectivity index (χ3v) is 7.40. The highest BCUT2D eigenvalue weighted by molar-refractivity contribution is 7.99. The molecule has 1 saturated heterocycles. The SMILES string of the molecule is Cc1ccc(Sc2ccc(NC(=O)CCN3C(=O)NC4(CCCCC4)C3=O)cc2)c(C)c1. The highest BCUT2D eigenvalue weighted by atomic mass is 32.2. The zero-order valence-corrected chi connectivity index (χ0v) is 19.4. The van der Waals surface area contributed by atoms with Crippen LogP contribution >= 0.6 is 11.8 Å². The molecule has 1 saturated carbocycles. The first-order chi connectivity index (χ1) is 15.4. The molecule has 0 unspecified atom stereocenters. The highest BCUT2D eigenvalue weighted by Gasteiger charge is 2.51. The fourth-order valence-electron chi connectivity index (χ4n) is 4.46. The van der Waals surface area contributed by atoms with Crippen molar-refractivity contribution in [2.45, 2.75) is 67.7 Å². The van der Waals surface area contributed by atoms with Crippen LogP contribution in [0, 0.1) is 13.8 Å². The van der Waals surface area contributed by atoms with Gasteiger partial charge in [0.2, 0.25) is 5.91 Å². The first-order valence-electron chi connectivity index (χ1n) is 11.2. The van der Waals surface area contributed by atoms with Crippen molar-refractivity contribution in [3.63, 3.8) is 0 Å². The molecule has 6 nitrogen and oxygen atoms in total. The Bertz CT molecular complexity index is 1030. The maximum atomic E-state index is 12.8. The first-order valence-corrected chi connectivity index (χ1v) is 12.0. The van der Waals surface area contributed by atoms with Crippen LogP contribution < -0.4 is 10.6 Å². The van der Waals surface area contributed by atoms with Gasteiger partial charge >= 0.3 is 6.03 Å². The number of carbonyl (C=O) groups is 3. The third-order valence-electron chi connectivity index (χ3n) is 6.21. The molecule has 2 aromatic carbocycles. The van der Waals surface area contributed by atoms with Gasteiger partial charge in [-0.1, -0.05) is 48.7 Å². The molecule has 1 spiro atoms. The van der Waals surface area contributed by atoms with Crippen LogP contribution in [0.5, 0.6) is 0 Å². The maximum absolute atomic E-state index is 12.8. The van der Waals surface area contributed by atoms with Crippen molar-refractivity contribution in [1.82, 2.24) is 10.2 Å². The van der Waals surface area contributed by atoms with Crippen LogP contribution in [0.4, 0.5) is 10.5 Å². The second-order valence-corrected chi connectivity index (χ2v) is 9.84. The number of nitrogens with zero attached hydrogens (tertiary/aromatic N) is 1. The fraction of sp³-hybridized carbons (Fsp3) is 0.400.